The Kier molecular flexibility index (Phi) is 2.04. The van der Waals surface area contributed by atoms with Crippen LogP contribution in [0.15, 0.2) is 30.6 Å². The van der Waals surface area contributed by atoms with Gasteiger partial charge in [-0.2, -0.15) is 0 Å². The topological polar surface area (TPSA) is 19.0 Å². The molecule has 1 fully saturated rings. The second kappa shape index (κ2) is 3.61. The van der Waals surface area contributed by atoms with E-state index >= 15 is 0 Å². The smallest absolute Gasteiger partial charge is 0.123 e. The molecule has 1 N–H and O–H groups in total. The number of fused-ring (bicyclic) bond motifs is 3. The van der Waals surface area contributed by atoms with E-state index < -0.39 is 0 Å². The number of aromatic amines is 1. The summed E-state index contributed by atoms with van der Waals surface area (Å²) in [4.78, 5) is 5.63. The number of hydrogen-bond acceptors (Lipinski definition) is 1. The van der Waals surface area contributed by atoms with Crippen molar-refractivity contribution in [2.75, 3.05) is 13.1 Å². The Balaban J connectivity index is 1.90. The van der Waals surface area contributed by atoms with Gasteiger partial charge in [0.2, 0.25) is 0 Å². The standard InChI is InChI=1S/C15H15FN2/c16-11-1-2-15-12(7-11)13(8-17-15)14-9-18-5-3-10(14)4-6-18/h1-2,7-10,17H,3-6H2. The molecular formula is C15H15FN2. The van der Waals surface area contributed by atoms with Crippen LogP contribution in [0.3, 0.4) is 0 Å². The first-order valence-corrected chi connectivity index (χ1v) is 6.54. The van der Waals surface area contributed by atoms with Crippen molar-refractivity contribution in [1.29, 1.82) is 0 Å². The lowest BCUT2D eigenvalue weighted by Crippen LogP contribution is -2.35. The van der Waals surface area contributed by atoms with Crippen molar-refractivity contribution >= 4 is 16.5 Å². The highest BCUT2D eigenvalue weighted by atomic mass is 19.1. The van der Waals surface area contributed by atoms with Crippen LogP contribution >= 0.6 is 0 Å². The van der Waals surface area contributed by atoms with Crippen molar-refractivity contribution in [3.63, 3.8) is 0 Å². The van der Waals surface area contributed by atoms with Gasteiger partial charge in [0.25, 0.3) is 0 Å². The van der Waals surface area contributed by atoms with Crippen LogP contribution in [-0.2, 0) is 0 Å². The normalized spacial score (nSPS) is 19.6. The number of H-pyrrole nitrogens is 1. The van der Waals surface area contributed by atoms with E-state index in [1.807, 2.05) is 12.3 Å². The first-order chi connectivity index (χ1) is 8.81. The molecule has 5 rings (SSSR count). The number of halogens is 1. The zero-order valence-corrected chi connectivity index (χ0v) is 10.1. The van der Waals surface area contributed by atoms with Crippen molar-refractivity contribution in [3.05, 3.63) is 42.0 Å². The molecule has 3 aliphatic heterocycles. The van der Waals surface area contributed by atoms with Gasteiger partial charge in [0.05, 0.1) is 0 Å². The Morgan fingerprint density at radius 3 is 2.78 bits per heavy atom. The minimum atomic E-state index is -0.162. The van der Waals surface area contributed by atoms with Crippen LogP contribution in [0.2, 0.25) is 0 Å². The van der Waals surface area contributed by atoms with Gasteiger partial charge in [0.15, 0.2) is 0 Å². The van der Waals surface area contributed by atoms with E-state index in [1.54, 1.807) is 6.07 Å². The summed E-state index contributed by atoms with van der Waals surface area (Å²) in [6.07, 6.45) is 6.75. The first kappa shape index (κ1) is 10.2. The van der Waals surface area contributed by atoms with E-state index in [0.29, 0.717) is 5.92 Å². The number of nitrogens with one attached hydrogen (secondary N) is 1. The van der Waals surface area contributed by atoms with Crippen LogP contribution in [0.25, 0.3) is 16.5 Å². The van der Waals surface area contributed by atoms with E-state index in [0.717, 1.165) is 10.9 Å². The molecule has 1 aromatic heterocycles. The quantitative estimate of drug-likeness (QED) is 0.812. The van der Waals surface area contributed by atoms with Crippen molar-refractivity contribution in [2.45, 2.75) is 12.8 Å². The summed E-state index contributed by atoms with van der Waals surface area (Å²) < 4.78 is 13.4. The lowest BCUT2D eigenvalue weighted by atomic mass is 9.82. The summed E-state index contributed by atoms with van der Waals surface area (Å²) >= 11 is 0. The maximum absolute atomic E-state index is 13.4. The van der Waals surface area contributed by atoms with Crippen LogP contribution in [0.5, 0.6) is 0 Å². The van der Waals surface area contributed by atoms with Crippen LogP contribution in [0.1, 0.15) is 18.4 Å². The third-order valence-electron chi connectivity index (χ3n) is 4.25. The maximum Gasteiger partial charge on any atom is 0.123 e. The van der Waals surface area contributed by atoms with Gasteiger partial charge < -0.3 is 9.88 Å². The van der Waals surface area contributed by atoms with Crippen molar-refractivity contribution in [2.24, 2.45) is 5.92 Å². The Bertz CT molecular complexity index is 633. The van der Waals surface area contributed by atoms with Crippen LogP contribution < -0.4 is 0 Å². The summed E-state index contributed by atoms with van der Waals surface area (Å²) in [5.41, 5.74) is 3.58. The number of allylic oxidation sites excluding steroid dienone is 1. The van der Waals surface area contributed by atoms with Crippen molar-refractivity contribution in [3.8, 4) is 0 Å². The number of aromatic nitrogens is 1. The number of rotatable bonds is 1. The van der Waals surface area contributed by atoms with E-state index in [-0.39, 0.29) is 5.82 Å². The maximum atomic E-state index is 13.4. The molecule has 2 nitrogen and oxygen atoms in total. The average Bonchev–Trinajstić information content (AvgIpc) is 2.83. The fraction of sp³-hybridized carbons (Fsp3) is 0.333. The zero-order chi connectivity index (χ0) is 12.1. The van der Waals surface area contributed by atoms with Gasteiger partial charge in [-0.1, -0.05) is 0 Å². The molecule has 92 valence electrons. The van der Waals surface area contributed by atoms with E-state index in [1.165, 1.54) is 43.1 Å². The number of benzene rings is 1. The predicted octanol–water partition coefficient (Wildman–Crippen LogP) is 3.37. The highest BCUT2D eigenvalue weighted by Crippen LogP contribution is 2.39. The molecule has 2 aromatic rings. The fourth-order valence-corrected chi connectivity index (χ4v) is 3.26. The lowest BCUT2D eigenvalue weighted by Gasteiger charge is -2.39. The van der Waals surface area contributed by atoms with Crippen LogP contribution in [0.4, 0.5) is 4.39 Å². The molecule has 0 atom stereocenters. The molecule has 0 amide bonds. The van der Waals surface area contributed by atoms with Gasteiger partial charge in [-0.25, -0.2) is 4.39 Å². The highest BCUT2D eigenvalue weighted by molar-refractivity contribution is 5.93. The summed E-state index contributed by atoms with van der Waals surface area (Å²) in [6.45, 7) is 2.34. The van der Waals surface area contributed by atoms with Crippen molar-refractivity contribution in [1.82, 2.24) is 9.88 Å². The molecular weight excluding hydrogens is 227 g/mol. The van der Waals surface area contributed by atoms with Gasteiger partial charge in [0.1, 0.15) is 5.82 Å². The summed E-state index contributed by atoms with van der Waals surface area (Å²) in [7, 11) is 0. The lowest BCUT2D eigenvalue weighted by molar-refractivity contribution is 0.252. The fourth-order valence-electron chi connectivity index (χ4n) is 3.26. The molecule has 3 heteroatoms. The minimum Gasteiger partial charge on any atom is -0.377 e. The SMILES string of the molecule is Fc1ccc2[nH]cc(C3=CN4CCC3CC4)c2c1. The zero-order valence-electron chi connectivity index (χ0n) is 10.1. The molecule has 0 radical (unpaired) electrons. The Hall–Kier alpha value is -1.77. The van der Waals surface area contributed by atoms with Gasteiger partial charge in [0, 0.05) is 42.0 Å². The Morgan fingerprint density at radius 2 is 2.06 bits per heavy atom. The largest absolute Gasteiger partial charge is 0.377 e. The van der Waals surface area contributed by atoms with Gasteiger partial charge in [-0.05, 0) is 42.5 Å². The summed E-state index contributed by atoms with van der Waals surface area (Å²) in [5, 5.41) is 1.01. The molecule has 0 unspecified atom stereocenters. The molecule has 2 bridgehead atoms. The molecule has 3 aliphatic rings. The monoisotopic (exact) mass is 242 g/mol. The highest BCUT2D eigenvalue weighted by Gasteiger charge is 2.28. The van der Waals surface area contributed by atoms with Gasteiger partial charge in [-0.15, -0.1) is 0 Å². The minimum absolute atomic E-state index is 0.162. The molecule has 4 heterocycles. The van der Waals surface area contributed by atoms with E-state index in [9.17, 15) is 4.39 Å². The average molecular weight is 242 g/mol. The number of nitrogens with zero attached hydrogens (tertiary/aromatic N) is 1. The van der Waals surface area contributed by atoms with E-state index in [4.69, 9.17) is 0 Å². The second-order valence-corrected chi connectivity index (χ2v) is 5.29. The molecule has 1 saturated heterocycles. The Labute approximate surface area is 105 Å². The van der Waals surface area contributed by atoms with Gasteiger partial charge >= 0.3 is 0 Å². The Morgan fingerprint density at radius 1 is 1.22 bits per heavy atom. The van der Waals surface area contributed by atoms with Crippen molar-refractivity contribution < 1.29 is 4.39 Å². The molecule has 18 heavy (non-hydrogen) atoms. The van der Waals surface area contributed by atoms with E-state index in [2.05, 4.69) is 16.1 Å². The predicted molar refractivity (Wildman–Crippen MR) is 70.5 cm³/mol. The molecule has 1 aromatic carbocycles. The van der Waals surface area contributed by atoms with Crippen LogP contribution in [0, 0.1) is 11.7 Å². The van der Waals surface area contributed by atoms with Crippen LogP contribution in [-0.4, -0.2) is 23.0 Å². The van der Waals surface area contributed by atoms with Gasteiger partial charge in [-0.3, -0.25) is 0 Å². The molecule has 0 spiro atoms. The number of hydrogen-bond donors (Lipinski definition) is 1. The summed E-state index contributed by atoms with van der Waals surface area (Å²) in [5.74, 6) is 0.488. The second-order valence-electron chi connectivity index (χ2n) is 5.29. The first-order valence-electron chi connectivity index (χ1n) is 6.54. The molecule has 0 aliphatic carbocycles. The number of piperidine rings is 1. The third kappa shape index (κ3) is 1.40. The molecule has 0 saturated carbocycles. The third-order valence-corrected chi connectivity index (χ3v) is 4.25. The summed E-state index contributed by atoms with van der Waals surface area (Å²) in [6, 6.07) is 4.96.